The van der Waals surface area contributed by atoms with Gasteiger partial charge in [-0.15, -0.1) is 0 Å². The van der Waals surface area contributed by atoms with Gasteiger partial charge in [0.15, 0.2) is 0 Å². The number of nitrogens with one attached hydrogen (secondary N) is 1. The summed E-state index contributed by atoms with van der Waals surface area (Å²) in [6.07, 6.45) is 0.855. The highest BCUT2D eigenvalue weighted by molar-refractivity contribution is 7.92. The Hall–Kier alpha value is -2.31. The molecule has 1 saturated carbocycles. The second-order valence-electron chi connectivity index (χ2n) is 9.34. The van der Waals surface area contributed by atoms with Crippen LogP contribution in [0.5, 0.6) is 0 Å². The number of hydrogen-bond acceptors (Lipinski definition) is 5. The first kappa shape index (κ1) is 22.4. The van der Waals surface area contributed by atoms with Crippen molar-refractivity contribution in [2.75, 3.05) is 0 Å². The maximum Gasteiger partial charge on any atom is 0.351 e. The molecular weight excluding hydrogens is 396 g/mol. The lowest BCUT2D eigenvalue weighted by atomic mass is 9.85. The molecule has 1 amide bonds. The summed E-state index contributed by atoms with van der Waals surface area (Å²) in [5, 5.41) is 8.22. The fraction of sp³-hybridized carbons (Fsp3) is 0.417. The summed E-state index contributed by atoms with van der Waals surface area (Å²) >= 11 is 0.535. The zero-order valence-electron chi connectivity index (χ0n) is 18.2. The molecule has 0 aliphatic heterocycles. The molecule has 3 rings (SSSR count). The van der Waals surface area contributed by atoms with Gasteiger partial charge in [-0.25, -0.2) is 9.93 Å². The summed E-state index contributed by atoms with van der Waals surface area (Å²) in [6.45, 7) is 11.0. The lowest BCUT2D eigenvalue weighted by molar-refractivity contribution is -0.122. The van der Waals surface area contributed by atoms with Gasteiger partial charge in [0.2, 0.25) is 5.91 Å². The van der Waals surface area contributed by atoms with E-state index in [-0.39, 0.29) is 22.7 Å². The van der Waals surface area contributed by atoms with Gasteiger partial charge in [-0.3, -0.25) is 4.79 Å². The van der Waals surface area contributed by atoms with Crippen molar-refractivity contribution < 1.29 is 13.8 Å². The average molecular weight is 427 g/mol. The van der Waals surface area contributed by atoms with Gasteiger partial charge in [0.25, 0.3) is 0 Å². The van der Waals surface area contributed by atoms with E-state index in [9.17, 15) is 9.59 Å². The Kier molecular flexibility index (Phi) is 6.29. The van der Waals surface area contributed by atoms with Crippen LogP contribution in [0, 0.1) is 12.8 Å². The van der Waals surface area contributed by atoms with Crippen molar-refractivity contribution in [3.8, 4) is 0 Å². The van der Waals surface area contributed by atoms with Crippen molar-refractivity contribution in [1.82, 2.24) is 5.32 Å². The molecule has 0 saturated heterocycles. The van der Waals surface area contributed by atoms with E-state index < -0.39 is 5.97 Å². The van der Waals surface area contributed by atoms with Crippen molar-refractivity contribution in [3.63, 3.8) is 0 Å². The van der Waals surface area contributed by atoms with Gasteiger partial charge in [-0.2, -0.15) is 0 Å². The van der Waals surface area contributed by atoms with E-state index in [1.807, 2.05) is 19.1 Å². The van der Waals surface area contributed by atoms with Crippen molar-refractivity contribution >= 4 is 24.1 Å². The zero-order valence-corrected chi connectivity index (χ0v) is 19.1. The molecule has 3 N–H and O–H groups in total. The first-order chi connectivity index (χ1) is 14.1. The smallest absolute Gasteiger partial charge is 0.351 e. The minimum absolute atomic E-state index is 0.0186. The molecule has 160 valence electrons. The predicted molar refractivity (Wildman–Crippen MR) is 121 cm³/mol. The third-order valence-electron chi connectivity index (χ3n) is 6.07. The quantitative estimate of drug-likeness (QED) is 0.522. The number of rotatable bonds is 6. The normalized spacial score (nSPS) is 20.5. The van der Waals surface area contributed by atoms with E-state index in [1.54, 1.807) is 6.07 Å². The number of nitrogens with two attached hydrogens (primary N) is 1. The van der Waals surface area contributed by atoms with Gasteiger partial charge in [-0.1, -0.05) is 64.1 Å². The van der Waals surface area contributed by atoms with Gasteiger partial charge in [0.05, 0.1) is 5.56 Å². The molecule has 0 radical (unpaired) electrons. The second-order valence-corrected chi connectivity index (χ2v) is 9.69. The molecule has 2 aromatic carbocycles. The molecule has 1 aliphatic carbocycles. The topological polar surface area (TPSA) is 81.4 Å². The number of benzene rings is 2. The lowest BCUT2D eigenvalue weighted by Gasteiger charge is -2.20. The summed E-state index contributed by atoms with van der Waals surface area (Å²) in [6, 6.07) is 14.1. The molecule has 1 aliphatic rings. The van der Waals surface area contributed by atoms with E-state index in [1.165, 1.54) is 11.1 Å². The van der Waals surface area contributed by atoms with Crippen molar-refractivity contribution in [3.05, 3.63) is 70.3 Å². The van der Waals surface area contributed by atoms with Crippen LogP contribution >= 0.6 is 12.2 Å². The van der Waals surface area contributed by atoms with Gasteiger partial charge < -0.3 is 9.50 Å². The van der Waals surface area contributed by atoms with Gasteiger partial charge in [-0.05, 0) is 47.1 Å². The Morgan fingerprint density at radius 1 is 1.20 bits per heavy atom. The van der Waals surface area contributed by atoms with Crippen molar-refractivity contribution in [1.29, 1.82) is 0 Å². The Morgan fingerprint density at radius 3 is 2.43 bits per heavy atom. The Morgan fingerprint density at radius 2 is 1.87 bits per heavy atom. The number of carbonyl (C=O) groups is 2. The Labute approximate surface area is 183 Å². The number of hydrogen-bond donors (Lipinski definition) is 2. The zero-order chi connectivity index (χ0) is 22.1. The van der Waals surface area contributed by atoms with Crippen LogP contribution in [0.25, 0.3) is 0 Å². The summed E-state index contributed by atoms with van der Waals surface area (Å²) in [5.74, 6) is -0.421. The molecule has 2 unspecified atom stereocenters. The Balaban J connectivity index is 1.60. The van der Waals surface area contributed by atoms with Crippen LogP contribution in [0.15, 0.2) is 42.5 Å². The van der Waals surface area contributed by atoms with Crippen LogP contribution in [0.1, 0.15) is 66.7 Å². The lowest BCUT2D eigenvalue weighted by Crippen LogP contribution is -2.27. The molecule has 30 heavy (non-hydrogen) atoms. The van der Waals surface area contributed by atoms with E-state index in [2.05, 4.69) is 57.3 Å². The standard InChI is InChI=1S/C24H30N2O3S/c1-15-12-16(6-11-19(15)22(28)29-30-25)14-26-21(27)20-13-24(20,5)18-9-7-17(8-10-18)23(2,3)4/h6-12,20H,13-14,25H2,1-5H3,(H,26,27). The van der Waals surface area contributed by atoms with Crippen LogP contribution in [0.3, 0.4) is 0 Å². The predicted octanol–water partition coefficient (Wildman–Crippen LogP) is 4.57. The molecule has 0 bridgehead atoms. The molecule has 1 fully saturated rings. The molecular formula is C24H30N2O3S. The SMILES string of the molecule is Cc1cc(CNC(=O)C2CC2(C)c2ccc(C(C)(C)C)cc2)ccc1C(=O)OSN. The minimum Gasteiger partial charge on any atom is -0.371 e. The molecule has 6 heteroatoms. The molecule has 0 spiro atoms. The van der Waals surface area contributed by atoms with E-state index in [0.717, 1.165) is 17.5 Å². The summed E-state index contributed by atoms with van der Waals surface area (Å²) in [7, 11) is 0. The number of aryl methyl sites for hydroxylation is 1. The van der Waals surface area contributed by atoms with Gasteiger partial charge in [0, 0.05) is 17.9 Å². The second kappa shape index (κ2) is 8.44. The highest BCUT2D eigenvalue weighted by Gasteiger charge is 2.55. The highest BCUT2D eigenvalue weighted by Crippen LogP contribution is 2.54. The number of amides is 1. The average Bonchev–Trinajstić information content (AvgIpc) is 3.39. The highest BCUT2D eigenvalue weighted by atomic mass is 32.2. The molecule has 2 aromatic rings. The molecule has 0 heterocycles. The summed E-state index contributed by atoms with van der Waals surface area (Å²) < 4.78 is 4.76. The summed E-state index contributed by atoms with van der Waals surface area (Å²) in [4.78, 5) is 24.6. The van der Waals surface area contributed by atoms with Crippen molar-refractivity contribution in [2.45, 2.75) is 58.4 Å². The maximum atomic E-state index is 12.7. The van der Waals surface area contributed by atoms with Crippen LogP contribution in [0.4, 0.5) is 0 Å². The van der Waals surface area contributed by atoms with Gasteiger partial charge in [0.1, 0.15) is 12.2 Å². The van der Waals surface area contributed by atoms with Crippen LogP contribution in [-0.2, 0) is 26.4 Å². The fourth-order valence-corrected chi connectivity index (χ4v) is 4.06. The van der Waals surface area contributed by atoms with Crippen LogP contribution in [0.2, 0.25) is 0 Å². The fourth-order valence-electron chi connectivity index (χ4n) is 3.88. The summed E-state index contributed by atoms with van der Waals surface area (Å²) in [5.41, 5.74) is 4.72. The van der Waals surface area contributed by atoms with E-state index >= 15 is 0 Å². The first-order valence-electron chi connectivity index (χ1n) is 10.1. The van der Waals surface area contributed by atoms with Gasteiger partial charge >= 0.3 is 5.97 Å². The molecule has 0 aromatic heterocycles. The Bertz CT molecular complexity index is 950. The number of carbonyl (C=O) groups excluding carboxylic acids is 2. The molecule has 2 atom stereocenters. The third kappa shape index (κ3) is 4.71. The van der Waals surface area contributed by atoms with Crippen LogP contribution in [-0.4, -0.2) is 11.9 Å². The van der Waals surface area contributed by atoms with Crippen molar-refractivity contribution in [2.24, 2.45) is 11.1 Å². The minimum atomic E-state index is -0.471. The maximum absolute atomic E-state index is 12.7. The largest absolute Gasteiger partial charge is 0.371 e. The van der Waals surface area contributed by atoms with Crippen LogP contribution < -0.4 is 10.5 Å². The van der Waals surface area contributed by atoms with E-state index in [4.69, 9.17) is 9.32 Å². The third-order valence-corrected chi connectivity index (χ3v) is 6.31. The first-order valence-corrected chi connectivity index (χ1v) is 10.9. The molecule has 5 nitrogen and oxygen atoms in total. The van der Waals surface area contributed by atoms with E-state index in [0.29, 0.717) is 24.3 Å². The monoisotopic (exact) mass is 426 g/mol.